The van der Waals surface area contributed by atoms with Gasteiger partial charge < -0.3 is 14.2 Å². The normalized spacial score (nSPS) is 30.1. The van der Waals surface area contributed by atoms with E-state index in [0.29, 0.717) is 12.0 Å². The molecule has 2 heterocycles. The Hall–Kier alpha value is 0.568. The van der Waals surface area contributed by atoms with Gasteiger partial charge in [0.1, 0.15) is 0 Å². The number of rotatable bonds is 2. The molecule has 2 rings (SSSR count). The van der Waals surface area contributed by atoms with E-state index >= 15 is 0 Å². The van der Waals surface area contributed by atoms with Gasteiger partial charge in [-0.2, -0.15) is 7.95 Å². The molecule has 2 saturated heterocycles. The first-order valence-corrected chi connectivity index (χ1v) is 4.14. The molecular weight excluding hydrogens is 340 g/mol. The number of hydrogen-bond donors (Lipinski definition) is 0. The van der Waals surface area contributed by atoms with Gasteiger partial charge in [-0.3, -0.25) is 0 Å². The Bertz CT molecular complexity index is 158. The van der Waals surface area contributed by atoms with E-state index in [2.05, 4.69) is 11.7 Å². The predicted molar refractivity (Wildman–Crippen MR) is 45.6 cm³/mol. The summed E-state index contributed by atoms with van der Waals surface area (Å²) < 4.78 is 21.1. The first-order valence-electron chi connectivity index (χ1n) is 4.64. The molecule has 2 fully saturated rings. The quantitative estimate of drug-likeness (QED) is 0.550. The van der Waals surface area contributed by atoms with Crippen LogP contribution in [-0.4, -0.2) is 33.0 Å². The van der Waals surface area contributed by atoms with Crippen LogP contribution in [0.25, 0.3) is 0 Å². The largest absolute Gasteiger partial charge is 0.570 e. The molecule has 0 radical (unpaired) electrons. The SMILES string of the molecule is COCC1(C)COC1.[2H][C-]1OC1C.[W]. The van der Waals surface area contributed by atoms with Crippen molar-refractivity contribution in [3.63, 3.8) is 0 Å². The van der Waals surface area contributed by atoms with Crippen molar-refractivity contribution in [1.29, 1.82) is 0 Å². The van der Waals surface area contributed by atoms with Crippen molar-refractivity contribution in [2.75, 3.05) is 26.9 Å². The second-order valence-electron chi connectivity index (χ2n) is 3.61. The summed E-state index contributed by atoms with van der Waals surface area (Å²) in [6, 6.07) is 0. The van der Waals surface area contributed by atoms with Crippen LogP contribution < -0.4 is 0 Å². The fourth-order valence-electron chi connectivity index (χ4n) is 0.950. The maximum absolute atomic E-state index is 6.59. The first-order chi connectivity index (χ1) is 6.07. The summed E-state index contributed by atoms with van der Waals surface area (Å²) in [5, 5.41) is 0. The molecule has 0 bridgehead atoms. The summed E-state index contributed by atoms with van der Waals surface area (Å²) in [5.74, 6) is 0. The zero-order valence-corrected chi connectivity index (χ0v) is 11.3. The van der Waals surface area contributed by atoms with Crippen LogP contribution >= 0.6 is 0 Å². The Morgan fingerprint density at radius 3 is 2.23 bits per heavy atom. The molecule has 0 aliphatic carbocycles. The van der Waals surface area contributed by atoms with E-state index in [-0.39, 0.29) is 27.2 Å². The maximum atomic E-state index is 6.59. The van der Waals surface area contributed by atoms with E-state index < -0.39 is 0 Å². The van der Waals surface area contributed by atoms with Gasteiger partial charge in [-0.1, -0.05) is 20.0 Å². The third-order valence-corrected chi connectivity index (χ3v) is 1.75. The molecule has 4 heteroatoms. The zero-order chi connectivity index (χ0) is 9.90. The van der Waals surface area contributed by atoms with Gasteiger partial charge in [-0.25, -0.2) is 0 Å². The van der Waals surface area contributed by atoms with Gasteiger partial charge in [0.2, 0.25) is 0 Å². The van der Waals surface area contributed by atoms with Crippen LogP contribution in [0.5, 0.6) is 0 Å². The average Bonchev–Trinajstić information content (AvgIpc) is 2.64. The maximum Gasteiger partial charge on any atom is 0.0564 e. The Balaban J connectivity index is 0.000000246. The second kappa shape index (κ2) is 6.13. The molecule has 78 valence electrons. The first kappa shape index (κ1) is 11.6. The molecule has 0 aromatic heterocycles. The van der Waals surface area contributed by atoms with Gasteiger partial charge in [0, 0.05) is 33.6 Å². The van der Waals surface area contributed by atoms with Crippen molar-refractivity contribution in [2.45, 2.75) is 20.0 Å². The minimum absolute atomic E-state index is 0. The Morgan fingerprint density at radius 2 is 2.15 bits per heavy atom. The fraction of sp³-hybridized carbons (Fsp3) is 0.889. The monoisotopic (exact) mass is 358 g/mol. The van der Waals surface area contributed by atoms with Gasteiger partial charge >= 0.3 is 0 Å². The number of epoxide rings is 1. The molecule has 0 saturated carbocycles. The van der Waals surface area contributed by atoms with Crippen molar-refractivity contribution in [2.24, 2.45) is 5.41 Å². The zero-order valence-electron chi connectivity index (χ0n) is 9.33. The summed E-state index contributed by atoms with van der Waals surface area (Å²) in [6.07, 6.45) is 0.134. The predicted octanol–water partition coefficient (Wildman–Crippen LogP) is 1.23. The van der Waals surface area contributed by atoms with E-state index in [9.17, 15) is 0 Å². The van der Waals surface area contributed by atoms with Crippen molar-refractivity contribution >= 4 is 0 Å². The minimum atomic E-state index is 0. The molecule has 0 amide bonds. The van der Waals surface area contributed by atoms with Gasteiger partial charge in [-0.05, 0) is 0 Å². The average molecular weight is 358 g/mol. The summed E-state index contributed by atoms with van der Waals surface area (Å²) in [7, 11) is 1.73. The number of hydrogen-bond acceptors (Lipinski definition) is 3. The molecule has 0 aromatic rings. The number of ether oxygens (including phenoxy) is 3. The van der Waals surface area contributed by atoms with Crippen molar-refractivity contribution in [3.05, 3.63) is 6.58 Å². The molecule has 1 unspecified atom stereocenters. The molecular formula is C9H17O3W-. The van der Waals surface area contributed by atoms with Crippen LogP contribution in [0.1, 0.15) is 15.2 Å². The van der Waals surface area contributed by atoms with Gasteiger partial charge in [0.25, 0.3) is 0 Å². The third-order valence-electron chi connectivity index (χ3n) is 1.75. The van der Waals surface area contributed by atoms with Crippen LogP contribution in [0.2, 0.25) is 0 Å². The Labute approximate surface area is 95.8 Å². The molecule has 3 nitrogen and oxygen atoms in total. The van der Waals surface area contributed by atoms with Crippen LogP contribution in [-0.2, 0) is 35.3 Å². The van der Waals surface area contributed by atoms with E-state index in [1.54, 1.807) is 7.11 Å². The third kappa shape index (κ3) is 5.79. The second-order valence-corrected chi connectivity index (χ2v) is 3.61. The molecule has 0 N–H and O–H groups in total. The molecule has 1 atom stereocenters. The van der Waals surface area contributed by atoms with Crippen LogP contribution in [0, 0.1) is 12.0 Å². The van der Waals surface area contributed by atoms with Crippen molar-refractivity contribution < 1.29 is 36.6 Å². The Kier molecular flexibility index (Phi) is 5.49. The van der Waals surface area contributed by atoms with E-state index in [0.717, 1.165) is 19.8 Å². The smallest absolute Gasteiger partial charge is 0.0564 e. The van der Waals surface area contributed by atoms with Crippen molar-refractivity contribution in [3.8, 4) is 0 Å². The Morgan fingerprint density at radius 1 is 1.69 bits per heavy atom. The van der Waals surface area contributed by atoms with E-state index in [1.165, 1.54) is 0 Å². The molecule has 2 aliphatic heterocycles. The minimum Gasteiger partial charge on any atom is -0.570 e. The van der Waals surface area contributed by atoms with Crippen LogP contribution in [0.4, 0.5) is 0 Å². The summed E-state index contributed by atoms with van der Waals surface area (Å²) in [5.41, 5.74) is 0.328. The standard InChI is InChI=1S/C6H12O2.C3H5O.W/c1-6(3-7-2)4-8-5-6;1-3-2-4-3;/h3-5H2,1-2H3;2-3H,1H3;/q;-1;/i;2D;. The molecule has 2 aliphatic rings. The van der Waals surface area contributed by atoms with E-state index in [4.69, 9.17) is 10.8 Å². The fourth-order valence-corrected chi connectivity index (χ4v) is 0.950. The number of methoxy groups -OCH3 is 1. The van der Waals surface area contributed by atoms with Gasteiger partial charge in [-0.15, -0.1) is 0 Å². The van der Waals surface area contributed by atoms with Crippen LogP contribution in [0.3, 0.4) is 0 Å². The topological polar surface area (TPSA) is 31.0 Å². The van der Waals surface area contributed by atoms with Gasteiger partial charge in [0.05, 0.1) is 19.8 Å². The molecule has 0 aromatic carbocycles. The summed E-state index contributed by atoms with van der Waals surface area (Å²) >= 11 is 0. The molecule has 13 heavy (non-hydrogen) atoms. The van der Waals surface area contributed by atoms with E-state index in [1.807, 2.05) is 6.92 Å². The molecule has 0 spiro atoms. The van der Waals surface area contributed by atoms with Gasteiger partial charge in [0.15, 0.2) is 0 Å². The van der Waals surface area contributed by atoms with Crippen molar-refractivity contribution in [1.82, 2.24) is 0 Å². The summed E-state index contributed by atoms with van der Waals surface area (Å²) in [6.45, 7) is 6.99. The van der Waals surface area contributed by atoms with Crippen LogP contribution in [0.15, 0.2) is 0 Å². The summed E-state index contributed by atoms with van der Waals surface area (Å²) in [4.78, 5) is 0.